The SMILES string of the molecule is CCOC(=O)C(N)C(=O)N(C)CC(=O)NC. The molecule has 1 atom stereocenters. The lowest BCUT2D eigenvalue weighted by Gasteiger charge is -2.19. The van der Waals surface area contributed by atoms with Crippen LogP contribution in [0.1, 0.15) is 6.92 Å². The van der Waals surface area contributed by atoms with E-state index in [-0.39, 0.29) is 19.1 Å². The molecule has 0 radical (unpaired) electrons. The number of hydrogen-bond donors (Lipinski definition) is 2. The highest BCUT2D eigenvalue weighted by Crippen LogP contribution is 1.93. The van der Waals surface area contributed by atoms with Crippen LogP contribution in [0.15, 0.2) is 0 Å². The molecule has 0 saturated heterocycles. The van der Waals surface area contributed by atoms with Gasteiger partial charge >= 0.3 is 5.97 Å². The fourth-order valence-corrected chi connectivity index (χ4v) is 0.943. The molecule has 16 heavy (non-hydrogen) atoms. The van der Waals surface area contributed by atoms with E-state index in [4.69, 9.17) is 5.73 Å². The van der Waals surface area contributed by atoms with Gasteiger partial charge in [0.05, 0.1) is 13.2 Å². The van der Waals surface area contributed by atoms with Crippen LogP contribution in [0.25, 0.3) is 0 Å². The van der Waals surface area contributed by atoms with Crippen LogP contribution >= 0.6 is 0 Å². The quantitative estimate of drug-likeness (QED) is 0.424. The molecule has 92 valence electrons. The fourth-order valence-electron chi connectivity index (χ4n) is 0.943. The van der Waals surface area contributed by atoms with Gasteiger partial charge in [0.1, 0.15) is 0 Å². The number of carbonyl (C=O) groups is 3. The smallest absolute Gasteiger partial charge is 0.332 e. The standard InChI is InChI=1S/C9H17N3O4/c1-4-16-9(15)7(10)8(14)12(3)5-6(13)11-2/h7H,4-5,10H2,1-3H3,(H,11,13). The Morgan fingerprint density at radius 2 is 2.00 bits per heavy atom. The highest BCUT2D eigenvalue weighted by atomic mass is 16.5. The molecular weight excluding hydrogens is 214 g/mol. The molecule has 1 unspecified atom stereocenters. The maximum absolute atomic E-state index is 11.5. The molecule has 3 N–H and O–H groups in total. The molecule has 0 spiro atoms. The van der Waals surface area contributed by atoms with E-state index in [2.05, 4.69) is 10.1 Å². The number of likely N-dealkylation sites (N-methyl/N-ethyl adjacent to an activating group) is 2. The van der Waals surface area contributed by atoms with Crippen LogP contribution in [0.2, 0.25) is 0 Å². The zero-order valence-corrected chi connectivity index (χ0v) is 9.65. The number of ether oxygens (including phenoxy) is 1. The van der Waals surface area contributed by atoms with Gasteiger partial charge in [0.15, 0.2) is 6.04 Å². The molecule has 0 rings (SSSR count). The van der Waals surface area contributed by atoms with Crippen LogP contribution in [0.5, 0.6) is 0 Å². The summed E-state index contributed by atoms with van der Waals surface area (Å²) in [6, 6.07) is -1.38. The molecule has 0 heterocycles. The third-order valence-electron chi connectivity index (χ3n) is 1.84. The van der Waals surface area contributed by atoms with Gasteiger partial charge in [-0.15, -0.1) is 0 Å². The van der Waals surface area contributed by atoms with Gasteiger partial charge in [0, 0.05) is 14.1 Å². The normalized spacial score (nSPS) is 11.5. The average Bonchev–Trinajstić information content (AvgIpc) is 2.26. The second-order valence-corrected chi connectivity index (χ2v) is 3.10. The summed E-state index contributed by atoms with van der Waals surface area (Å²) in [6.45, 7) is 1.62. The predicted molar refractivity (Wildman–Crippen MR) is 56.3 cm³/mol. The predicted octanol–water partition coefficient (Wildman–Crippen LogP) is -1.92. The minimum atomic E-state index is -1.38. The van der Waals surface area contributed by atoms with E-state index in [1.54, 1.807) is 6.92 Å². The number of esters is 1. The monoisotopic (exact) mass is 231 g/mol. The number of nitrogens with one attached hydrogen (secondary N) is 1. The molecule has 0 aromatic carbocycles. The van der Waals surface area contributed by atoms with E-state index in [9.17, 15) is 14.4 Å². The minimum Gasteiger partial charge on any atom is -0.464 e. The van der Waals surface area contributed by atoms with Gasteiger partial charge in [-0.3, -0.25) is 9.59 Å². The van der Waals surface area contributed by atoms with Gasteiger partial charge in [-0.1, -0.05) is 0 Å². The van der Waals surface area contributed by atoms with Crippen molar-refractivity contribution in [3.05, 3.63) is 0 Å². The van der Waals surface area contributed by atoms with Crippen molar-refractivity contribution in [3.8, 4) is 0 Å². The van der Waals surface area contributed by atoms with E-state index in [1.807, 2.05) is 0 Å². The zero-order valence-electron chi connectivity index (χ0n) is 9.65. The molecule has 2 amide bonds. The van der Waals surface area contributed by atoms with Crippen molar-refractivity contribution >= 4 is 17.8 Å². The molecule has 0 aromatic rings. The topological polar surface area (TPSA) is 102 Å². The first kappa shape index (κ1) is 14.4. The van der Waals surface area contributed by atoms with Crippen molar-refractivity contribution in [2.24, 2.45) is 5.73 Å². The van der Waals surface area contributed by atoms with Crippen molar-refractivity contribution < 1.29 is 19.1 Å². The van der Waals surface area contributed by atoms with Gasteiger partial charge in [-0.2, -0.15) is 0 Å². The van der Waals surface area contributed by atoms with E-state index in [1.165, 1.54) is 14.1 Å². The van der Waals surface area contributed by atoms with Crippen LogP contribution in [0.3, 0.4) is 0 Å². The molecule has 0 fully saturated rings. The molecular formula is C9H17N3O4. The van der Waals surface area contributed by atoms with E-state index >= 15 is 0 Å². The Hall–Kier alpha value is -1.63. The first-order chi connectivity index (χ1) is 7.43. The first-order valence-corrected chi connectivity index (χ1v) is 4.81. The van der Waals surface area contributed by atoms with Crippen molar-refractivity contribution in [2.45, 2.75) is 13.0 Å². The minimum absolute atomic E-state index is 0.150. The second-order valence-electron chi connectivity index (χ2n) is 3.10. The number of nitrogens with zero attached hydrogens (tertiary/aromatic N) is 1. The summed E-state index contributed by atoms with van der Waals surface area (Å²) in [5.74, 6) is -1.79. The van der Waals surface area contributed by atoms with Crippen LogP contribution in [0.4, 0.5) is 0 Å². The van der Waals surface area contributed by atoms with E-state index in [0.29, 0.717) is 0 Å². The lowest BCUT2D eigenvalue weighted by molar-refractivity contribution is -0.151. The largest absolute Gasteiger partial charge is 0.464 e. The number of rotatable bonds is 5. The number of nitrogens with two attached hydrogens (primary N) is 1. The Morgan fingerprint density at radius 1 is 1.44 bits per heavy atom. The summed E-state index contributed by atoms with van der Waals surface area (Å²) in [7, 11) is 2.84. The summed E-state index contributed by atoms with van der Waals surface area (Å²) in [4.78, 5) is 34.7. The molecule has 0 saturated carbocycles. The average molecular weight is 231 g/mol. The molecule has 7 nitrogen and oxygen atoms in total. The third-order valence-corrected chi connectivity index (χ3v) is 1.84. The summed E-state index contributed by atoms with van der Waals surface area (Å²) < 4.78 is 4.59. The van der Waals surface area contributed by atoms with E-state index < -0.39 is 17.9 Å². The van der Waals surface area contributed by atoms with Crippen molar-refractivity contribution in [1.82, 2.24) is 10.2 Å². The number of hydrogen-bond acceptors (Lipinski definition) is 5. The Morgan fingerprint density at radius 3 is 2.44 bits per heavy atom. The number of carbonyl (C=O) groups excluding carboxylic acids is 3. The zero-order chi connectivity index (χ0) is 12.7. The van der Waals surface area contributed by atoms with Crippen LogP contribution in [-0.2, 0) is 19.1 Å². The summed E-state index contributed by atoms with van der Waals surface area (Å²) in [6.07, 6.45) is 0. The Labute approximate surface area is 93.9 Å². The summed E-state index contributed by atoms with van der Waals surface area (Å²) in [5, 5.41) is 2.35. The fraction of sp³-hybridized carbons (Fsp3) is 0.667. The molecule has 0 aliphatic heterocycles. The first-order valence-electron chi connectivity index (χ1n) is 4.81. The Balaban J connectivity index is 4.31. The van der Waals surface area contributed by atoms with E-state index in [0.717, 1.165) is 4.90 Å². The summed E-state index contributed by atoms with van der Waals surface area (Å²) >= 11 is 0. The molecule has 0 aliphatic rings. The molecule has 0 aliphatic carbocycles. The molecule has 0 bridgehead atoms. The van der Waals surface area contributed by atoms with Gasteiger partial charge in [-0.05, 0) is 6.92 Å². The Kier molecular flexibility index (Phi) is 6.09. The van der Waals surface area contributed by atoms with Crippen LogP contribution in [-0.4, -0.2) is 56.0 Å². The van der Waals surface area contributed by atoms with Crippen LogP contribution < -0.4 is 11.1 Å². The molecule has 7 heteroatoms. The van der Waals surface area contributed by atoms with Gasteiger partial charge < -0.3 is 20.7 Å². The van der Waals surface area contributed by atoms with Crippen molar-refractivity contribution in [3.63, 3.8) is 0 Å². The van der Waals surface area contributed by atoms with Crippen molar-refractivity contribution in [1.29, 1.82) is 0 Å². The van der Waals surface area contributed by atoms with Gasteiger partial charge in [0.2, 0.25) is 5.91 Å². The second kappa shape index (κ2) is 6.78. The lowest BCUT2D eigenvalue weighted by atomic mass is 10.2. The Bertz CT molecular complexity index is 280. The lowest BCUT2D eigenvalue weighted by Crippen LogP contribution is -2.49. The number of amides is 2. The van der Waals surface area contributed by atoms with Crippen LogP contribution in [0, 0.1) is 0 Å². The van der Waals surface area contributed by atoms with Crippen molar-refractivity contribution in [2.75, 3.05) is 27.2 Å². The highest BCUT2D eigenvalue weighted by Gasteiger charge is 2.27. The van der Waals surface area contributed by atoms with Gasteiger partial charge in [0.25, 0.3) is 5.91 Å². The maximum Gasteiger partial charge on any atom is 0.332 e. The van der Waals surface area contributed by atoms with Gasteiger partial charge in [-0.25, -0.2) is 4.79 Å². The molecule has 0 aromatic heterocycles. The summed E-state index contributed by atoms with van der Waals surface area (Å²) in [5.41, 5.74) is 5.37. The highest BCUT2D eigenvalue weighted by molar-refractivity contribution is 6.02. The maximum atomic E-state index is 11.5. The third kappa shape index (κ3) is 4.26.